The molecule has 0 amide bonds. The zero-order chi connectivity index (χ0) is 13.3. The molecule has 0 spiro atoms. The monoisotopic (exact) mass is 252 g/mol. The van der Waals surface area contributed by atoms with Crippen molar-refractivity contribution in [2.24, 2.45) is 11.8 Å². The minimum Gasteiger partial charge on any atom is -0.478 e. The van der Waals surface area contributed by atoms with Gasteiger partial charge in [-0.3, -0.25) is 0 Å². The fourth-order valence-electron chi connectivity index (χ4n) is 2.68. The topological polar surface area (TPSA) is 53.4 Å². The summed E-state index contributed by atoms with van der Waals surface area (Å²) >= 11 is 0. The third-order valence-electron chi connectivity index (χ3n) is 3.23. The van der Waals surface area contributed by atoms with Gasteiger partial charge in [0.1, 0.15) is 17.2 Å². The first-order valence-electron chi connectivity index (χ1n) is 6.11. The van der Waals surface area contributed by atoms with E-state index in [2.05, 4.69) is 18.8 Å². The van der Waals surface area contributed by atoms with Gasteiger partial charge in [0.15, 0.2) is 0 Å². The highest BCUT2D eigenvalue weighted by molar-refractivity contribution is 5.93. The van der Waals surface area contributed by atoms with Crippen molar-refractivity contribution in [3.05, 3.63) is 23.6 Å². The molecule has 0 saturated carbocycles. The fraction of sp³-hybridized carbons (Fsp3) is 0.538. The fourth-order valence-corrected chi connectivity index (χ4v) is 2.68. The lowest BCUT2D eigenvalue weighted by atomic mass is 9.91. The Kier molecular flexibility index (Phi) is 3.50. The van der Waals surface area contributed by atoms with Gasteiger partial charge in [0.2, 0.25) is 0 Å². The summed E-state index contributed by atoms with van der Waals surface area (Å²) < 4.78 is 13.1. The highest BCUT2D eigenvalue weighted by atomic mass is 19.1. The molecule has 0 aliphatic carbocycles. The Bertz CT molecular complexity index is 454. The van der Waals surface area contributed by atoms with Crippen LogP contribution < -0.4 is 4.90 Å². The number of nitrogens with zero attached hydrogens (tertiary/aromatic N) is 2. The zero-order valence-electron chi connectivity index (χ0n) is 10.6. The molecule has 4 nitrogen and oxygen atoms in total. The normalized spacial score (nSPS) is 24.1. The highest BCUT2D eigenvalue weighted by Crippen LogP contribution is 2.27. The van der Waals surface area contributed by atoms with Crippen molar-refractivity contribution in [2.75, 3.05) is 18.0 Å². The largest absolute Gasteiger partial charge is 0.478 e. The molecule has 1 fully saturated rings. The molecular formula is C13H17FN2O2. The van der Waals surface area contributed by atoms with Crippen molar-refractivity contribution >= 4 is 11.8 Å². The Morgan fingerprint density at radius 1 is 1.44 bits per heavy atom. The van der Waals surface area contributed by atoms with E-state index in [1.54, 1.807) is 0 Å². The second-order valence-electron chi connectivity index (χ2n) is 5.18. The van der Waals surface area contributed by atoms with Gasteiger partial charge >= 0.3 is 5.97 Å². The van der Waals surface area contributed by atoms with Crippen molar-refractivity contribution in [1.82, 2.24) is 4.98 Å². The summed E-state index contributed by atoms with van der Waals surface area (Å²) in [7, 11) is 0. The van der Waals surface area contributed by atoms with Crippen molar-refractivity contribution in [1.29, 1.82) is 0 Å². The van der Waals surface area contributed by atoms with Crippen LogP contribution in [0.25, 0.3) is 0 Å². The molecule has 1 saturated heterocycles. The molecule has 2 heterocycles. The first-order chi connectivity index (χ1) is 8.47. The highest BCUT2D eigenvalue weighted by Gasteiger charge is 2.26. The molecule has 1 aromatic heterocycles. The molecule has 0 aromatic carbocycles. The van der Waals surface area contributed by atoms with Gasteiger partial charge in [-0.25, -0.2) is 14.2 Å². The summed E-state index contributed by atoms with van der Waals surface area (Å²) in [5.74, 6) is -0.399. The minimum atomic E-state index is -1.14. The number of hydrogen-bond acceptors (Lipinski definition) is 3. The molecule has 18 heavy (non-hydrogen) atoms. The number of anilines is 1. The lowest BCUT2D eigenvalue weighted by Crippen LogP contribution is -2.40. The number of pyridine rings is 1. The average Bonchev–Trinajstić information content (AvgIpc) is 2.27. The van der Waals surface area contributed by atoms with Crippen LogP contribution in [0.5, 0.6) is 0 Å². The molecule has 5 heteroatoms. The van der Waals surface area contributed by atoms with Crippen LogP contribution >= 0.6 is 0 Å². The van der Waals surface area contributed by atoms with Crippen LogP contribution in [-0.2, 0) is 0 Å². The van der Waals surface area contributed by atoms with Gasteiger partial charge in [0.25, 0.3) is 0 Å². The van der Waals surface area contributed by atoms with Crippen molar-refractivity contribution in [3.8, 4) is 0 Å². The summed E-state index contributed by atoms with van der Waals surface area (Å²) in [6.45, 7) is 5.80. The second-order valence-corrected chi connectivity index (χ2v) is 5.18. The number of halogens is 1. The number of aromatic nitrogens is 1. The van der Waals surface area contributed by atoms with Gasteiger partial charge in [-0.2, -0.15) is 0 Å². The van der Waals surface area contributed by atoms with Crippen LogP contribution in [0.4, 0.5) is 10.2 Å². The lowest BCUT2D eigenvalue weighted by Gasteiger charge is -2.36. The van der Waals surface area contributed by atoms with Crippen LogP contribution in [0, 0.1) is 17.7 Å². The molecule has 2 rings (SSSR count). The third-order valence-corrected chi connectivity index (χ3v) is 3.23. The number of rotatable bonds is 2. The summed E-state index contributed by atoms with van der Waals surface area (Å²) in [4.78, 5) is 17.1. The molecule has 0 bridgehead atoms. The maximum Gasteiger partial charge on any atom is 0.339 e. The van der Waals surface area contributed by atoms with E-state index in [0.29, 0.717) is 17.7 Å². The van der Waals surface area contributed by atoms with Crippen molar-refractivity contribution in [2.45, 2.75) is 20.3 Å². The van der Waals surface area contributed by atoms with Crippen LogP contribution in [-0.4, -0.2) is 29.1 Å². The maximum absolute atomic E-state index is 13.1. The summed E-state index contributed by atoms with van der Waals surface area (Å²) in [5, 5.41) is 9.12. The van der Waals surface area contributed by atoms with Gasteiger partial charge < -0.3 is 10.0 Å². The Morgan fingerprint density at radius 3 is 2.61 bits per heavy atom. The molecule has 1 aliphatic rings. The van der Waals surface area contributed by atoms with Gasteiger partial charge in [-0.1, -0.05) is 13.8 Å². The molecule has 1 aromatic rings. The molecule has 0 radical (unpaired) electrons. The van der Waals surface area contributed by atoms with E-state index in [1.807, 2.05) is 4.90 Å². The predicted octanol–water partition coefficient (Wildman–Crippen LogP) is 2.40. The first kappa shape index (κ1) is 12.8. The number of carboxylic acid groups (broad SMARTS) is 1. The summed E-state index contributed by atoms with van der Waals surface area (Å²) in [5.41, 5.74) is -0.0590. The molecule has 2 atom stereocenters. The number of carboxylic acids is 1. The summed E-state index contributed by atoms with van der Waals surface area (Å²) in [6.07, 6.45) is 2.20. The van der Waals surface area contributed by atoms with Gasteiger partial charge in [0, 0.05) is 13.1 Å². The zero-order valence-corrected chi connectivity index (χ0v) is 10.6. The van der Waals surface area contributed by atoms with E-state index in [-0.39, 0.29) is 5.56 Å². The average molecular weight is 252 g/mol. The molecule has 98 valence electrons. The Labute approximate surface area is 105 Å². The molecule has 1 N–H and O–H groups in total. The van der Waals surface area contributed by atoms with Crippen LogP contribution in [0.1, 0.15) is 30.6 Å². The minimum absolute atomic E-state index is 0.0590. The van der Waals surface area contributed by atoms with E-state index >= 15 is 0 Å². The number of piperidine rings is 1. The number of hydrogen-bond donors (Lipinski definition) is 1. The number of carbonyl (C=O) groups is 1. The van der Waals surface area contributed by atoms with E-state index in [4.69, 9.17) is 5.11 Å². The van der Waals surface area contributed by atoms with Crippen molar-refractivity contribution in [3.63, 3.8) is 0 Å². The second kappa shape index (κ2) is 4.92. The van der Waals surface area contributed by atoms with Crippen LogP contribution in [0.3, 0.4) is 0 Å². The van der Waals surface area contributed by atoms with Crippen molar-refractivity contribution < 1.29 is 14.3 Å². The number of aromatic carboxylic acids is 1. The lowest BCUT2D eigenvalue weighted by molar-refractivity contribution is 0.0696. The van der Waals surface area contributed by atoms with E-state index in [1.165, 1.54) is 0 Å². The molecule has 1 aliphatic heterocycles. The van der Waals surface area contributed by atoms with Crippen LogP contribution in [0.15, 0.2) is 12.3 Å². The van der Waals surface area contributed by atoms with Gasteiger partial charge in [0.05, 0.1) is 6.20 Å². The third kappa shape index (κ3) is 2.60. The van der Waals surface area contributed by atoms with E-state index in [0.717, 1.165) is 31.8 Å². The predicted molar refractivity (Wildman–Crippen MR) is 66.3 cm³/mol. The standard InChI is InChI=1S/C13H17FN2O2/c1-8-3-9(2)7-16(6-8)12-11(13(17)18)4-10(14)5-15-12/h4-5,8-9H,3,6-7H2,1-2H3,(H,17,18). The molecular weight excluding hydrogens is 235 g/mol. The van der Waals surface area contributed by atoms with E-state index in [9.17, 15) is 9.18 Å². The smallest absolute Gasteiger partial charge is 0.339 e. The first-order valence-corrected chi connectivity index (χ1v) is 6.11. The van der Waals surface area contributed by atoms with Crippen LogP contribution in [0.2, 0.25) is 0 Å². The van der Waals surface area contributed by atoms with E-state index < -0.39 is 11.8 Å². The Hall–Kier alpha value is -1.65. The Morgan fingerprint density at radius 2 is 2.06 bits per heavy atom. The quantitative estimate of drug-likeness (QED) is 0.878. The van der Waals surface area contributed by atoms with Gasteiger partial charge in [-0.15, -0.1) is 0 Å². The maximum atomic E-state index is 13.1. The SMILES string of the molecule is CC1CC(C)CN(c2ncc(F)cc2C(=O)O)C1. The van der Waals surface area contributed by atoms with Gasteiger partial charge in [-0.05, 0) is 24.3 Å². The molecule has 2 unspecified atom stereocenters. The Balaban J connectivity index is 2.35. The summed E-state index contributed by atoms with van der Waals surface area (Å²) in [6, 6.07) is 1.04.